The van der Waals surface area contributed by atoms with Crippen LogP contribution in [0.3, 0.4) is 0 Å². The van der Waals surface area contributed by atoms with Gasteiger partial charge in [-0.15, -0.1) is 11.3 Å². The smallest absolute Gasteiger partial charge is 0.314 e. The van der Waals surface area contributed by atoms with Gasteiger partial charge in [-0.3, -0.25) is 4.90 Å². The van der Waals surface area contributed by atoms with E-state index in [2.05, 4.69) is 56.7 Å². The summed E-state index contributed by atoms with van der Waals surface area (Å²) in [5.41, 5.74) is 4.62. The Labute approximate surface area is 209 Å². The fourth-order valence-corrected chi connectivity index (χ4v) is 5.11. The van der Waals surface area contributed by atoms with E-state index in [0.29, 0.717) is 30.4 Å². The molecule has 1 aliphatic rings. The first kappa shape index (κ1) is 25.1. The van der Waals surface area contributed by atoms with Gasteiger partial charge in [0.25, 0.3) is 0 Å². The third-order valence-corrected chi connectivity index (χ3v) is 7.16. The Morgan fingerprint density at radius 2 is 1.94 bits per heavy atom. The fraction of sp³-hybridized carbons (Fsp3) is 0.385. The summed E-state index contributed by atoms with van der Waals surface area (Å²) < 4.78 is 21.3. The lowest BCUT2D eigenvalue weighted by Crippen LogP contribution is -2.38. The number of halogens is 1. The number of carbonyl (C=O) groups excluding carboxylic acids is 1. The van der Waals surface area contributed by atoms with Gasteiger partial charge in [0.1, 0.15) is 5.82 Å². The second-order valence-corrected chi connectivity index (χ2v) is 9.39. The number of hydrogen-bond acceptors (Lipinski definition) is 5. The maximum Gasteiger partial charge on any atom is 0.314 e. The molecule has 1 aromatic heterocycles. The Hall–Kier alpha value is -3.01. The molecule has 0 saturated carbocycles. The molecule has 0 spiro atoms. The summed E-state index contributed by atoms with van der Waals surface area (Å²) in [5.74, 6) is -0.245. The SMILES string of the molecule is CNC(=O)NCCn1c(-c2ccc(C(C)N3CCOCC3)cc2)csc1=Nc1ccc(F)c(C)c1. The first-order valence-electron chi connectivity index (χ1n) is 11.8. The molecule has 1 atom stereocenters. The van der Waals surface area contributed by atoms with Crippen LogP contribution in [0.1, 0.15) is 24.1 Å². The van der Waals surface area contributed by atoms with E-state index < -0.39 is 0 Å². The quantitative estimate of drug-likeness (QED) is 0.514. The molecule has 1 aliphatic heterocycles. The Balaban J connectivity index is 1.63. The minimum absolute atomic E-state index is 0.225. The van der Waals surface area contributed by atoms with Gasteiger partial charge in [-0.05, 0) is 48.7 Å². The van der Waals surface area contributed by atoms with Crippen LogP contribution in [0.5, 0.6) is 0 Å². The van der Waals surface area contributed by atoms with Gasteiger partial charge >= 0.3 is 6.03 Å². The van der Waals surface area contributed by atoms with Gasteiger partial charge < -0.3 is 19.9 Å². The molecular formula is C26H32FN5O2S. The van der Waals surface area contributed by atoms with Crippen molar-refractivity contribution in [1.29, 1.82) is 0 Å². The third-order valence-electron chi connectivity index (χ3n) is 6.29. The van der Waals surface area contributed by atoms with Crippen molar-refractivity contribution in [1.82, 2.24) is 20.1 Å². The Morgan fingerprint density at radius 1 is 1.20 bits per heavy atom. The number of benzene rings is 2. The van der Waals surface area contributed by atoms with E-state index in [4.69, 9.17) is 9.73 Å². The number of amides is 2. The maximum atomic E-state index is 13.7. The highest BCUT2D eigenvalue weighted by Gasteiger charge is 2.18. The summed E-state index contributed by atoms with van der Waals surface area (Å²) in [6, 6.07) is 13.6. The number of ether oxygens (including phenoxy) is 1. The highest BCUT2D eigenvalue weighted by Crippen LogP contribution is 2.26. The van der Waals surface area contributed by atoms with Crippen LogP contribution in [0.25, 0.3) is 11.3 Å². The second kappa shape index (κ2) is 11.6. The van der Waals surface area contributed by atoms with E-state index in [9.17, 15) is 9.18 Å². The van der Waals surface area contributed by atoms with Crippen LogP contribution in [0.4, 0.5) is 14.9 Å². The van der Waals surface area contributed by atoms with Gasteiger partial charge in [-0.25, -0.2) is 14.2 Å². The van der Waals surface area contributed by atoms with Crippen molar-refractivity contribution in [3.63, 3.8) is 0 Å². The van der Waals surface area contributed by atoms with Crippen LogP contribution in [-0.4, -0.2) is 55.4 Å². The van der Waals surface area contributed by atoms with Crippen LogP contribution in [0, 0.1) is 12.7 Å². The number of carbonyl (C=O) groups is 1. The summed E-state index contributed by atoms with van der Waals surface area (Å²) in [4.78, 5) is 19.7. The van der Waals surface area contributed by atoms with Gasteiger partial charge in [0, 0.05) is 44.6 Å². The van der Waals surface area contributed by atoms with Crippen LogP contribution in [0.15, 0.2) is 52.8 Å². The number of thiazole rings is 1. The predicted molar refractivity (Wildman–Crippen MR) is 137 cm³/mol. The zero-order valence-corrected chi connectivity index (χ0v) is 21.2. The van der Waals surface area contributed by atoms with Crippen LogP contribution in [0.2, 0.25) is 0 Å². The molecule has 1 fully saturated rings. The molecule has 2 aromatic carbocycles. The number of rotatable bonds is 7. The molecule has 0 bridgehead atoms. The average molecular weight is 498 g/mol. The molecule has 35 heavy (non-hydrogen) atoms. The van der Waals surface area contributed by atoms with Crippen molar-refractivity contribution in [2.75, 3.05) is 39.9 Å². The van der Waals surface area contributed by atoms with E-state index in [-0.39, 0.29) is 11.8 Å². The van der Waals surface area contributed by atoms with Gasteiger partial charge in [0.2, 0.25) is 0 Å². The Bertz CT molecular complexity index is 1220. The van der Waals surface area contributed by atoms with Crippen molar-refractivity contribution in [3.05, 3.63) is 69.6 Å². The van der Waals surface area contributed by atoms with Crippen molar-refractivity contribution < 1.29 is 13.9 Å². The van der Waals surface area contributed by atoms with Gasteiger partial charge in [0.15, 0.2) is 4.80 Å². The fourth-order valence-electron chi connectivity index (χ4n) is 4.15. The molecule has 1 saturated heterocycles. The molecule has 2 N–H and O–H groups in total. The highest BCUT2D eigenvalue weighted by atomic mass is 32.1. The lowest BCUT2D eigenvalue weighted by atomic mass is 10.0. The molecule has 2 amide bonds. The van der Waals surface area contributed by atoms with Crippen molar-refractivity contribution >= 4 is 23.1 Å². The zero-order chi connectivity index (χ0) is 24.8. The predicted octanol–water partition coefficient (Wildman–Crippen LogP) is 4.22. The van der Waals surface area contributed by atoms with Crippen LogP contribution < -0.4 is 15.4 Å². The van der Waals surface area contributed by atoms with E-state index in [1.807, 2.05) is 0 Å². The standard InChI is InChI=1S/C26H32FN5O2S/c1-18-16-22(8-9-23(18)27)30-26-32(11-10-29-25(33)28-3)24(17-35-26)21-6-4-20(5-7-21)19(2)31-12-14-34-15-13-31/h4-9,16-17,19H,10-15H2,1-3H3,(H2,28,29,33). The number of hydrogen-bond donors (Lipinski definition) is 2. The first-order valence-corrected chi connectivity index (χ1v) is 12.7. The molecule has 186 valence electrons. The average Bonchev–Trinajstić information content (AvgIpc) is 3.28. The van der Waals surface area contributed by atoms with E-state index in [1.54, 1.807) is 26.1 Å². The first-order chi connectivity index (χ1) is 17.0. The highest BCUT2D eigenvalue weighted by molar-refractivity contribution is 7.07. The molecule has 0 aliphatic carbocycles. The summed E-state index contributed by atoms with van der Waals surface area (Å²) in [7, 11) is 1.59. The normalized spacial score (nSPS) is 15.7. The number of nitrogens with zero attached hydrogens (tertiary/aromatic N) is 3. The minimum Gasteiger partial charge on any atom is -0.379 e. The molecule has 9 heteroatoms. The largest absolute Gasteiger partial charge is 0.379 e. The molecule has 0 radical (unpaired) electrons. The van der Waals surface area contributed by atoms with E-state index >= 15 is 0 Å². The Kier molecular flexibility index (Phi) is 8.33. The topological polar surface area (TPSA) is 70.9 Å². The summed E-state index contributed by atoms with van der Waals surface area (Å²) in [6.45, 7) is 8.41. The number of aryl methyl sites for hydroxylation is 1. The maximum absolute atomic E-state index is 13.7. The molecular weight excluding hydrogens is 465 g/mol. The molecule has 1 unspecified atom stereocenters. The number of nitrogens with one attached hydrogen (secondary N) is 2. The number of morpholine rings is 1. The summed E-state index contributed by atoms with van der Waals surface area (Å²) >= 11 is 1.53. The van der Waals surface area contributed by atoms with Crippen molar-refractivity contribution in [3.8, 4) is 11.3 Å². The summed E-state index contributed by atoms with van der Waals surface area (Å²) in [5, 5.41) is 7.50. The number of aromatic nitrogens is 1. The molecule has 2 heterocycles. The molecule has 4 rings (SSSR count). The van der Waals surface area contributed by atoms with Crippen LogP contribution in [-0.2, 0) is 11.3 Å². The molecule has 3 aromatic rings. The molecule has 7 nitrogen and oxygen atoms in total. The lowest BCUT2D eigenvalue weighted by molar-refractivity contribution is 0.0198. The van der Waals surface area contributed by atoms with E-state index in [1.165, 1.54) is 23.0 Å². The third kappa shape index (κ3) is 6.17. The zero-order valence-electron chi connectivity index (χ0n) is 20.4. The monoisotopic (exact) mass is 497 g/mol. The number of urea groups is 1. The Morgan fingerprint density at radius 3 is 2.63 bits per heavy atom. The van der Waals surface area contributed by atoms with E-state index in [0.717, 1.165) is 42.4 Å². The van der Waals surface area contributed by atoms with Crippen molar-refractivity contribution in [2.45, 2.75) is 26.4 Å². The second-order valence-electron chi connectivity index (χ2n) is 8.55. The van der Waals surface area contributed by atoms with Gasteiger partial charge in [0.05, 0.1) is 24.6 Å². The lowest BCUT2D eigenvalue weighted by Gasteiger charge is -2.32. The van der Waals surface area contributed by atoms with Gasteiger partial charge in [-0.1, -0.05) is 24.3 Å². The van der Waals surface area contributed by atoms with Crippen LogP contribution >= 0.6 is 11.3 Å². The van der Waals surface area contributed by atoms with Gasteiger partial charge in [-0.2, -0.15) is 0 Å². The minimum atomic E-state index is -0.245. The van der Waals surface area contributed by atoms with Crippen molar-refractivity contribution in [2.24, 2.45) is 4.99 Å². The summed E-state index contributed by atoms with van der Waals surface area (Å²) in [6.07, 6.45) is 0.